The first kappa shape index (κ1) is 31.9. The summed E-state index contributed by atoms with van der Waals surface area (Å²) < 4.78 is 10.6. The molecule has 0 spiro atoms. The Labute approximate surface area is 239 Å². The van der Waals surface area contributed by atoms with E-state index in [1.165, 1.54) is 16.7 Å². The maximum Gasteiger partial charge on any atom is 0.210 e. The van der Waals surface area contributed by atoms with E-state index in [4.69, 9.17) is 26.2 Å². The fourth-order valence-electron chi connectivity index (χ4n) is 4.66. The first-order chi connectivity index (χ1) is 18.4. The van der Waals surface area contributed by atoms with Crippen LogP contribution in [-0.4, -0.2) is 43.3 Å². The molecule has 3 aromatic rings. The van der Waals surface area contributed by atoms with Crippen LogP contribution in [0.4, 0.5) is 0 Å². The minimum absolute atomic E-state index is 0. The van der Waals surface area contributed by atoms with E-state index in [2.05, 4.69) is 32.9 Å². The molecule has 1 atom stereocenters. The summed E-state index contributed by atoms with van der Waals surface area (Å²) in [7, 11) is 1.68. The number of methoxy groups -OCH3 is 1. The standard InChI is InChI=1S/C23H26ClNO3.C9H12O.CH4/c1-16-4-7-19(24)14-22(16)21-10-11-25(15-27)23(17(21)2)18-5-8-20(9-6-18)28-13-3-12-26;1-3-8-4-6-9(10-2)7-5-8;/h4-9,14-15,23,26H,3,10-13H2,1-2H3;4-7H,3H2,1-2H3;1H4. The Morgan fingerprint density at radius 1 is 1.03 bits per heavy atom. The highest BCUT2D eigenvalue weighted by atomic mass is 35.5. The van der Waals surface area contributed by atoms with Crippen LogP contribution in [0.5, 0.6) is 11.5 Å². The number of benzene rings is 3. The second kappa shape index (κ2) is 16.0. The lowest BCUT2D eigenvalue weighted by Gasteiger charge is -2.36. The Kier molecular flexibility index (Phi) is 13.1. The van der Waals surface area contributed by atoms with E-state index in [1.807, 2.05) is 59.5 Å². The van der Waals surface area contributed by atoms with Crippen molar-refractivity contribution in [1.82, 2.24) is 4.90 Å². The number of amides is 1. The van der Waals surface area contributed by atoms with Crippen LogP contribution in [-0.2, 0) is 11.2 Å². The number of aryl methyl sites for hydroxylation is 2. The van der Waals surface area contributed by atoms with Crippen molar-refractivity contribution in [2.24, 2.45) is 0 Å². The molecule has 210 valence electrons. The fraction of sp³-hybridized carbons (Fsp3) is 0.364. The van der Waals surface area contributed by atoms with Crippen molar-refractivity contribution in [2.45, 2.75) is 53.5 Å². The number of carbonyl (C=O) groups is 1. The molecule has 0 radical (unpaired) electrons. The molecule has 0 saturated carbocycles. The summed E-state index contributed by atoms with van der Waals surface area (Å²) in [5.41, 5.74) is 7.16. The average Bonchev–Trinajstić information content (AvgIpc) is 2.95. The van der Waals surface area contributed by atoms with E-state index in [1.54, 1.807) is 7.11 Å². The van der Waals surface area contributed by atoms with Crippen LogP contribution in [0.3, 0.4) is 0 Å². The highest BCUT2D eigenvalue weighted by Crippen LogP contribution is 2.40. The highest BCUT2D eigenvalue weighted by Gasteiger charge is 2.28. The average molecular weight is 552 g/mol. The number of hydrogen-bond donors (Lipinski definition) is 1. The van der Waals surface area contributed by atoms with E-state index in [9.17, 15) is 4.79 Å². The molecule has 0 saturated heterocycles. The molecule has 0 bridgehead atoms. The van der Waals surface area contributed by atoms with Crippen LogP contribution < -0.4 is 9.47 Å². The number of rotatable bonds is 9. The SMILES string of the molecule is C.CC1=C(c2cc(Cl)ccc2C)CCN(C=O)C1c1ccc(OCCCO)cc1.CCc1ccc(OC)cc1. The topological polar surface area (TPSA) is 59.0 Å². The summed E-state index contributed by atoms with van der Waals surface area (Å²) in [5, 5.41) is 9.59. The molecule has 0 aromatic heterocycles. The smallest absolute Gasteiger partial charge is 0.210 e. The first-order valence-corrected chi connectivity index (χ1v) is 13.4. The maximum atomic E-state index is 11.7. The van der Waals surface area contributed by atoms with Crippen molar-refractivity contribution in [3.63, 3.8) is 0 Å². The molecule has 1 heterocycles. The van der Waals surface area contributed by atoms with Gasteiger partial charge in [0.05, 0.1) is 19.8 Å². The minimum atomic E-state index is -0.105. The summed E-state index contributed by atoms with van der Waals surface area (Å²) in [6.45, 7) is 7.59. The number of hydrogen-bond acceptors (Lipinski definition) is 4. The van der Waals surface area contributed by atoms with Crippen LogP contribution in [0.25, 0.3) is 5.57 Å². The highest BCUT2D eigenvalue weighted by molar-refractivity contribution is 6.30. The summed E-state index contributed by atoms with van der Waals surface area (Å²) in [6, 6.07) is 21.8. The Hall–Kier alpha value is -3.28. The molecule has 1 aliphatic heterocycles. The van der Waals surface area contributed by atoms with Gasteiger partial charge in [0, 0.05) is 24.6 Å². The summed E-state index contributed by atoms with van der Waals surface area (Å²) >= 11 is 6.24. The molecule has 6 heteroatoms. The van der Waals surface area contributed by atoms with Crippen LogP contribution in [0.15, 0.2) is 72.3 Å². The lowest BCUT2D eigenvalue weighted by atomic mass is 9.85. The zero-order valence-electron chi connectivity index (χ0n) is 22.7. The third kappa shape index (κ3) is 8.61. The number of aliphatic hydroxyl groups is 1. The van der Waals surface area contributed by atoms with Crippen molar-refractivity contribution < 1.29 is 19.4 Å². The molecule has 3 aromatic carbocycles. The monoisotopic (exact) mass is 551 g/mol. The van der Waals surface area contributed by atoms with E-state index in [0.29, 0.717) is 19.6 Å². The third-order valence-corrected chi connectivity index (χ3v) is 7.07. The van der Waals surface area contributed by atoms with Gasteiger partial charge in [0.2, 0.25) is 6.41 Å². The lowest BCUT2D eigenvalue weighted by molar-refractivity contribution is -0.119. The Bertz CT molecular complexity index is 1180. The summed E-state index contributed by atoms with van der Waals surface area (Å²) in [5.74, 6) is 1.69. The zero-order chi connectivity index (χ0) is 27.5. The molecule has 1 aliphatic rings. The van der Waals surface area contributed by atoms with Crippen LogP contribution in [0.1, 0.15) is 62.4 Å². The van der Waals surface area contributed by atoms with Crippen molar-refractivity contribution >= 4 is 23.6 Å². The van der Waals surface area contributed by atoms with Gasteiger partial charge in [0.1, 0.15) is 11.5 Å². The molecule has 0 fully saturated rings. The Balaban J connectivity index is 0.000000410. The Morgan fingerprint density at radius 2 is 1.69 bits per heavy atom. The molecule has 4 rings (SSSR count). The van der Waals surface area contributed by atoms with Crippen molar-refractivity contribution in [1.29, 1.82) is 0 Å². The summed E-state index contributed by atoms with van der Waals surface area (Å²) in [4.78, 5) is 13.6. The number of aliphatic hydroxyl groups excluding tert-OH is 1. The van der Waals surface area contributed by atoms with Gasteiger partial charge in [0.25, 0.3) is 0 Å². The quantitative estimate of drug-likeness (QED) is 0.219. The van der Waals surface area contributed by atoms with Gasteiger partial charge in [-0.25, -0.2) is 0 Å². The van der Waals surface area contributed by atoms with E-state index in [-0.39, 0.29) is 20.1 Å². The Morgan fingerprint density at radius 3 is 2.28 bits per heavy atom. The largest absolute Gasteiger partial charge is 0.497 e. The molecular weight excluding hydrogens is 510 g/mol. The van der Waals surface area contributed by atoms with Gasteiger partial charge in [-0.15, -0.1) is 0 Å². The van der Waals surface area contributed by atoms with Crippen molar-refractivity contribution in [3.05, 3.63) is 99.6 Å². The second-order valence-corrected chi connectivity index (χ2v) is 9.75. The first-order valence-electron chi connectivity index (χ1n) is 13.1. The van der Waals surface area contributed by atoms with E-state index in [0.717, 1.165) is 52.5 Å². The molecule has 39 heavy (non-hydrogen) atoms. The van der Waals surface area contributed by atoms with Crippen LogP contribution in [0, 0.1) is 6.92 Å². The number of ether oxygens (including phenoxy) is 2. The van der Waals surface area contributed by atoms with Gasteiger partial charge in [-0.3, -0.25) is 4.79 Å². The number of nitrogens with zero attached hydrogens (tertiary/aromatic N) is 1. The molecule has 1 unspecified atom stereocenters. The van der Waals surface area contributed by atoms with Gasteiger partial charge in [-0.2, -0.15) is 0 Å². The predicted octanol–water partition coefficient (Wildman–Crippen LogP) is 7.68. The zero-order valence-corrected chi connectivity index (χ0v) is 23.5. The third-order valence-electron chi connectivity index (χ3n) is 6.83. The minimum Gasteiger partial charge on any atom is -0.497 e. The number of halogens is 1. The van der Waals surface area contributed by atoms with Gasteiger partial charge in [0.15, 0.2) is 0 Å². The molecule has 5 nitrogen and oxygen atoms in total. The fourth-order valence-corrected chi connectivity index (χ4v) is 4.84. The van der Waals surface area contributed by atoms with E-state index >= 15 is 0 Å². The normalized spacial score (nSPS) is 14.6. The van der Waals surface area contributed by atoms with E-state index < -0.39 is 0 Å². The van der Waals surface area contributed by atoms with Crippen molar-refractivity contribution in [3.8, 4) is 11.5 Å². The van der Waals surface area contributed by atoms with Gasteiger partial charge in [-0.05, 0) is 96.5 Å². The second-order valence-electron chi connectivity index (χ2n) is 9.31. The lowest BCUT2D eigenvalue weighted by Crippen LogP contribution is -2.33. The number of carbonyl (C=O) groups excluding carboxylic acids is 1. The molecule has 0 aliphatic carbocycles. The molecular formula is C33H42ClNO4. The van der Waals surface area contributed by atoms with Crippen LogP contribution in [0.2, 0.25) is 5.02 Å². The molecule has 1 N–H and O–H groups in total. The predicted molar refractivity (Wildman–Crippen MR) is 162 cm³/mol. The molecule has 1 amide bonds. The van der Waals surface area contributed by atoms with Crippen LogP contribution >= 0.6 is 11.6 Å². The van der Waals surface area contributed by atoms with Gasteiger partial charge >= 0.3 is 0 Å². The van der Waals surface area contributed by atoms with Gasteiger partial charge in [-0.1, -0.05) is 56.3 Å². The van der Waals surface area contributed by atoms with Crippen molar-refractivity contribution in [2.75, 3.05) is 26.9 Å². The maximum absolute atomic E-state index is 11.7. The summed E-state index contributed by atoms with van der Waals surface area (Å²) in [6.07, 6.45) is 3.43. The van der Waals surface area contributed by atoms with Gasteiger partial charge < -0.3 is 19.5 Å².